The summed E-state index contributed by atoms with van der Waals surface area (Å²) in [7, 11) is -3.43. The number of hydrogen-bond donors (Lipinski definition) is 2. The molecule has 0 amide bonds. The van der Waals surface area contributed by atoms with Crippen LogP contribution in [0.3, 0.4) is 0 Å². The first-order valence-corrected chi connectivity index (χ1v) is 11.4. The lowest BCUT2D eigenvalue weighted by Crippen LogP contribution is -2.46. The van der Waals surface area contributed by atoms with E-state index in [4.69, 9.17) is 4.74 Å². The van der Waals surface area contributed by atoms with E-state index in [0.29, 0.717) is 35.9 Å². The maximum Gasteiger partial charge on any atom is 0.240 e. The molecule has 3 atom stereocenters. The van der Waals surface area contributed by atoms with Crippen LogP contribution in [0.25, 0.3) is 0 Å². The molecule has 2 heterocycles. The van der Waals surface area contributed by atoms with E-state index >= 15 is 0 Å². The Hall–Kier alpha value is -1.96. The third kappa shape index (κ3) is 4.71. The standard InChI is InChI=1S/C21H27N3O3S/c1-15-2-4-20(5-3-15)28(25,26)24-9-6-16-11-21(16)17-10-19(13-22-12-17)27-14-18-7-8-23-18/h2-5,10,12-13,16,18,21,23-24H,6-9,11,14H2,1H3/t16-,18-,21-/m0/s1. The number of nitrogens with one attached hydrogen (secondary N) is 2. The molecule has 28 heavy (non-hydrogen) atoms. The SMILES string of the molecule is Cc1ccc(S(=O)(=O)NCC[C@H]2C[C@@H]2c2cncc(OC[C@@H]3CCN3)c2)cc1. The first-order valence-electron chi connectivity index (χ1n) is 9.89. The molecule has 0 spiro atoms. The zero-order valence-electron chi connectivity index (χ0n) is 16.1. The van der Waals surface area contributed by atoms with Crippen LogP contribution >= 0.6 is 0 Å². The van der Waals surface area contributed by atoms with Gasteiger partial charge in [0.1, 0.15) is 12.4 Å². The molecule has 2 N–H and O–H groups in total. The zero-order chi connectivity index (χ0) is 19.6. The predicted octanol–water partition coefficient (Wildman–Crippen LogP) is 2.60. The van der Waals surface area contributed by atoms with Crippen molar-refractivity contribution in [2.45, 2.75) is 43.0 Å². The maximum atomic E-state index is 12.4. The summed E-state index contributed by atoms with van der Waals surface area (Å²) in [4.78, 5) is 4.63. The van der Waals surface area contributed by atoms with Crippen LogP contribution < -0.4 is 14.8 Å². The monoisotopic (exact) mass is 401 g/mol. The van der Waals surface area contributed by atoms with Crippen LogP contribution in [0.2, 0.25) is 0 Å². The average molecular weight is 402 g/mol. The highest BCUT2D eigenvalue weighted by molar-refractivity contribution is 7.89. The van der Waals surface area contributed by atoms with Crippen molar-refractivity contribution in [3.63, 3.8) is 0 Å². The van der Waals surface area contributed by atoms with Gasteiger partial charge in [0.2, 0.25) is 10.0 Å². The molecule has 0 unspecified atom stereocenters. The van der Waals surface area contributed by atoms with E-state index in [2.05, 4.69) is 21.1 Å². The molecule has 1 saturated heterocycles. The number of hydrogen-bond acceptors (Lipinski definition) is 5. The van der Waals surface area contributed by atoms with E-state index in [9.17, 15) is 8.42 Å². The molecule has 1 aromatic heterocycles. The predicted molar refractivity (Wildman–Crippen MR) is 108 cm³/mol. The van der Waals surface area contributed by atoms with Crippen LogP contribution in [-0.2, 0) is 10.0 Å². The Morgan fingerprint density at radius 3 is 2.75 bits per heavy atom. The molecular weight excluding hydrogens is 374 g/mol. The number of aromatic nitrogens is 1. The second-order valence-electron chi connectivity index (χ2n) is 7.81. The van der Waals surface area contributed by atoms with E-state index in [-0.39, 0.29) is 0 Å². The number of pyridine rings is 1. The quantitative estimate of drug-likeness (QED) is 0.675. The number of benzene rings is 1. The third-order valence-corrected chi connectivity index (χ3v) is 7.08. The molecule has 4 rings (SSSR count). The second-order valence-corrected chi connectivity index (χ2v) is 9.57. The fourth-order valence-corrected chi connectivity index (χ4v) is 4.61. The van der Waals surface area contributed by atoms with Crippen LogP contribution in [0.4, 0.5) is 0 Å². The highest BCUT2D eigenvalue weighted by Gasteiger charge is 2.38. The Morgan fingerprint density at radius 1 is 1.25 bits per heavy atom. The summed E-state index contributed by atoms with van der Waals surface area (Å²) in [5.74, 6) is 1.75. The van der Waals surface area contributed by atoms with Gasteiger partial charge >= 0.3 is 0 Å². The smallest absolute Gasteiger partial charge is 0.240 e. The van der Waals surface area contributed by atoms with E-state index in [1.807, 2.05) is 25.3 Å². The van der Waals surface area contributed by atoms with Crippen molar-refractivity contribution in [3.8, 4) is 5.75 Å². The van der Waals surface area contributed by atoms with Gasteiger partial charge in [-0.05, 0) is 68.3 Å². The van der Waals surface area contributed by atoms with Gasteiger partial charge in [0.25, 0.3) is 0 Å². The van der Waals surface area contributed by atoms with Gasteiger partial charge in [0.05, 0.1) is 11.1 Å². The molecule has 0 bridgehead atoms. The molecule has 7 heteroatoms. The summed E-state index contributed by atoms with van der Waals surface area (Å²) in [5, 5.41) is 3.32. The molecule has 6 nitrogen and oxygen atoms in total. The highest BCUT2D eigenvalue weighted by atomic mass is 32.2. The summed E-state index contributed by atoms with van der Waals surface area (Å²) < 4.78 is 33.3. The minimum absolute atomic E-state index is 0.320. The normalized spacial score (nSPS) is 23.8. The van der Waals surface area contributed by atoms with Crippen LogP contribution in [-0.4, -0.2) is 39.1 Å². The summed E-state index contributed by atoms with van der Waals surface area (Å²) in [6.45, 7) is 4.15. The number of rotatable bonds is 9. The topological polar surface area (TPSA) is 80.3 Å². The Balaban J connectivity index is 1.25. The van der Waals surface area contributed by atoms with Crippen molar-refractivity contribution in [1.29, 1.82) is 0 Å². The first kappa shape index (κ1) is 19.4. The largest absolute Gasteiger partial charge is 0.490 e. The van der Waals surface area contributed by atoms with Crippen molar-refractivity contribution in [2.24, 2.45) is 5.92 Å². The van der Waals surface area contributed by atoms with Crippen molar-refractivity contribution < 1.29 is 13.2 Å². The number of ether oxygens (including phenoxy) is 1. The highest BCUT2D eigenvalue weighted by Crippen LogP contribution is 2.49. The Morgan fingerprint density at radius 2 is 2.04 bits per heavy atom. The third-order valence-electron chi connectivity index (χ3n) is 5.60. The summed E-state index contributed by atoms with van der Waals surface area (Å²) in [5.41, 5.74) is 2.23. The van der Waals surface area contributed by atoms with Crippen LogP contribution in [0, 0.1) is 12.8 Å². The van der Waals surface area contributed by atoms with Crippen molar-refractivity contribution >= 4 is 10.0 Å². The molecule has 1 aliphatic carbocycles. The van der Waals surface area contributed by atoms with Gasteiger partial charge in [-0.3, -0.25) is 4.98 Å². The molecule has 2 aliphatic rings. The molecule has 1 aliphatic heterocycles. The van der Waals surface area contributed by atoms with Crippen LogP contribution in [0.1, 0.15) is 36.3 Å². The van der Waals surface area contributed by atoms with Gasteiger partial charge in [-0.1, -0.05) is 17.7 Å². The minimum Gasteiger partial charge on any atom is -0.490 e. The molecule has 2 fully saturated rings. The van der Waals surface area contributed by atoms with Crippen molar-refractivity contribution in [3.05, 3.63) is 53.9 Å². The average Bonchev–Trinajstić information content (AvgIpc) is 3.40. The number of sulfonamides is 1. The second kappa shape index (κ2) is 8.19. The molecular formula is C21H27N3O3S. The van der Waals surface area contributed by atoms with Gasteiger partial charge < -0.3 is 10.1 Å². The minimum atomic E-state index is -3.43. The van der Waals surface area contributed by atoms with Gasteiger partial charge in [-0.25, -0.2) is 13.1 Å². The lowest BCUT2D eigenvalue weighted by Gasteiger charge is -2.27. The first-order chi connectivity index (χ1) is 13.5. The van der Waals surface area contributed by atoms with Gasteiger partial charge in [-0.15, -0.1) is 0 Å². The summed E-state index contributed by atoms with van der Waals surface area (Å²) in [6, 6.07) is 9.46. The van der Waals surface area contributed by atoms with Crippen LogP contribution in [0.5, 0.6) is 5.75 Å². The number of nitrogens with zero attached hydrogens (tertiary/aromatic N) is 1. The van der Waals surface area contributed by atoms with Crippen molar-refractivity contribution in [1.82, 2.24) is 15.0 Å². The van der Waals surface area contributed by atoms with Gasteiger partial charge in [-0.2, -0.15) is 0 Å². The molecule has 150 valence electrons. The Kier molecular flexibility index (Phi) is 5.66. The summed E-state index contributed by atoms with van der Waals surface area (Å²) in [6.07, 6.45) is 6.72. The molecule has 1 aromatic carbocycles. The van der Waals surface area contributed by atoms with E-state index in [1.165, 1.54) is 5.56 Å². The lowest BCUT2D eigenvalue weighted by atomic mass is 10.1. The summed E-state index contributed by atoms with van der Waals surface area (Å²) >= 11 is 0. The molecule has 2 aromatic rings. The van der Waals surface area contributed by atoms with E-state index < -0.39 is 10.0 Å². The van der Waals surface area contributed by atoms with Gasteiger partial charge in [0, 0.05) is 18.8 Å². The van der Waals surface area contributed by atoms with Crippen molar-refractivity contribution in [2.75, 3.05) is 19.7 Å². The lowest BCUT2D eigenvalue weighted by molar-refractivity contribution is 0.217. The van der Waals surface area contributed by atoms with Gasteiger partial charge in [0.15, 0.2) is 0 Å². The Labute approximate surface area is 166 Å². The zero-order valence-corrected chi connectivity index (χ0v) is 16.9. The maximum absolute atomic E-state index is 12.4. The number of aryl methyl sites for hydroxylation is 1. The van der Waals surface area contributed by atoms with E-state index in [1.54, 1.807) is 18.3 Å². The Bertz CT molecular complexity index is 911. The van der Waals surface area contributed by atoms with Crippen LogP contribution in [0.15, 0.2) is 47.6 Å². The van der Waals surface area contributed by atoms with E-state index in [0.717, 1.165) is 37.1 Å². The fraction of sp³-hybridized carbons (Fsp3) is 0.476. The fourth-order valence-electron chi connectivity index (χ4n) is 3.56. The molecule has 1 saturated carbocycles. The molecule has 0 radical (unpaired) electrons.